The maximum absolute atomic E-state index is 12.0. The van der Waals surface area contributed by atoms with E-state index in [1.165, 1.54) is 0 Å². The highest BCUT2D eigenvalue weighted by molar-refractivity contribution is 5.71. The molecule has 0 atom stereocenters. The van der Waals surface area contributed by atoms with Gasteiger partial charge in [0.15, 0.2) is 0 Å². The first-order valence-electron chi connectivity index (χ1n) is 11.4. The maximum atomic E-state index is 12.0. The van der Waals surface area contributed by atoms with Crippen molar-refractivity contribution in [3.63, 3.8) is 0 Å². The molecule has 0 aliphatic heterocycles. The number of amides is 1. The summed E-state index contributed by atoms with van der Waals surface area (Å²) in [6.07, 6.45) is 1.22. The lowest BCUT2D eigenvalue weighted by molar-refractivity contribution is -0.136. The van der Waals surface area contributed by atoms with Gasteiger partial charge in [-0.05, 0) is 78.9 Å². The third-order valence-corrected chi connectivity index (χ3v) is 5.06. The zero-order valence-corrected chi connectivity index (χ0v) is 20.3. The Morgan fingerprint density at radius 2 is 1.71 bits per heavy atom. The number of alkyl carbamates (subject to hydrolysis) is 1. The highest BCUT2D eigenvalue weighted by Crippen LogP contribution is 2.26. The van der Waals surface area contributed by atoms with Gasteiger partial charge in [-0.1, -0.05) is 49.1 Å². The predicted molar refractivity (Wildman–Crippen MR) is 137 cm³/mol. The number of benzene rings is 3. The molecule has 6 heteroatoms. The Balaban J connectivity index is 1.77. The monoisotopic (exact) mass is 473 g/mol. The number of carbonyl (C=O) groups excluding carboxylic acids is 1. The van der Waals surface area contributed by atoms with Crippen molar-refractivity contribution in [3.05, 3.63) is 95.6 Å². The van der Waals surface area contributed by atoms with E-state index in [1.54, 1.807) is 24.3 Å². The average molecular weight is 474 g/mol. The summed E-state index contributed by atoms with van der Waals surface area (Å²) in [4.78, 5) is 23.2. The normalized spacial score (nSPS) is 10.9. The van der Waals surface area contributed by atoms with E-state index in [-0.39, 0.29) is 13.0 Å². The lowest BCUT2D eigenvalue weighted by Crippen LogP contribution is -2.32. The standard InChI is InChI=1S/C29H31NO5/c1-5-20-13-22(19-34-26-12-7-6-10-24(26)17-27(31)32)16-25(14-20)23-11-8-9-21(15-23)18-30-28(33)35-29(2,3)4/h5-16H,1,17-19H2,2-4H3,(H,30,33)(H,31,32). The fourth-order valence-electron chi connectivity index (χ4n) is 3.55. The van der Waals surface area contributed by atoms with Crippen LogP contribution in [0.1, 0.15) is 43.0 Å². The highest BCUT2D eigenvalue weighted by atomic mass is 16.6. The molecule has 0 saturated heterocycles. The van der Waals surface area contributed by atoms with E-state index in [2.05, 4.69) is 11.9 Å². The third kappa shape index (κ3) is 8.03. The third-order valence-electron chi connectivity index (χ3n) is 5.06. The second kappa shape index (κ2) is 11.4. The van der Waals surface area contributed by atoms with Crippen molar-refractivity contribution < 1.29 is 24.2 Å². The average Bonchev–Trinajstić information content (AvgIpc) is 2.81. The molecular weight excluding hydrogens is 442 g/mol. The van der Waals surface area contributed by atoms with Gasteiger partial charge in [-0.2, -0.15) is 0 Å². The maximum Gasteiger partial charge on any atom is 0.407 e. The van der Waals surface area contributed by atoms with Crippen LogP contribution in [0.25, 0.3) is 17.2 Å². The van der Waals surface area contributed by atoms with Crippen LogP contribution in [0.15, 0.2) is 73.3 Å². The lowest BCUT2D eigenvalue weighted by atomic mass is 9.98. The molecule has 3 aromatic carbocycles. The molecule has 3 rings (SSSR count). The first-order valence-corrected chi connectivity index (χ1v) is 11.4. The number of carboxylic acid groups (broad SMARTS) is 1. The van der Waals surface area contributed by atoms with Gasteiger partial charge in [0, 0.05) is 12.1 Å². The topological polar surface area (TPSA) is 84.9 Å². The van der Waals surface area contributed by atoms with Crippen LogP contribution in [-0.4, -0.2) is 22.8 Å². The summed E-state index contributed by atoms with van der Waals surface area (Å²) in [6, 6.07) is 21.1. The minimum Gasteiger partial charge on any atom is -0.489 e. The Bertz CT molecular complexity index is 1210. The van der Waals surface area contributed by atoms with Crippen molar-refractivity contribution in [3.8, 4) is 16.9 Å². The van der Waals surface area contributed by atoms with Gasteiger partial charge < -0.3 is 19.9 Å². The number of carboxylic acids is 1. The second-order valence-electron chi connectivity index (χ2n) is 9.19. The summed E-state index contributed by atoms with van der Waals surface area (Å²) in [6.45, 7) is 10.0. The van der Waals surface area contributed by atoms with E-state index in [0.717, 1.165) is 27.8 Å². The smallest absolute Gasteiger partial charge is 0.407 e. The molecule has 0 radical (unpaired) electrons. The molecule has 3 aromatic rings. The van der Waals surface area contributed by atoms with Crippen LogP contribution in [0, 0.1) is 0 Å². The SMILES string of the molecule is C=Cc1cc(COc2ccccc2CC(=O)O)cc(-c2cccc(CNC(=O)OC(C)(C)C)c2)c1. The molecule has 0 aliphatic carbocycles. The Kier molecular flexibility index (Phi) is 8.31. The van der Waals surface area contributed by atoms with Crippen molar-refractivity contribution in [2.24, 2.45) is 0 Å². The number of para-hydroxylation sites is 1. The van der Waals surface area contributed by atoms with Crippen molar-refractivity contribution in [2.45, 2.75) is 45.9 Å². The minimum absolute atomic E-state index is 0.0990. The van der Waals surface area contributed by atoms with Gasteiger partial charge in [-0.3, -0.25) is 4.79 Å². The number of ether oxygens (including phenoxy) is 2. The van der Waals surface area contributed by atoms with Gasteiger partial charge in [0.05, 0.1) is 6.42 Å². The van der Waals surface area contributed by atoms with E-state index in [1.807, 2.05) is 69.3 Å². The molecule has 35 heavy (non-hydrogen) atoms. The molecule has 0 heterocycles. The van der Waals surface area contributed by atoms with Gasteiger partial charge in [0.2, 0.25) is 0 Å². The predicted octanol–water partition coefficient (Wildman–Crippen LogP) is 6.23. The first-order chi connectivity index (χ1) is 16.6. The molecule has 0 fully saturated rings. The van der Waals surface area contributed by atoms with Crippen molar-refractivity contribution in [2.75, 3.05) is 0 Å². The summed E-state index contributed by atoms with van der Waals surface area (Å²) < 4.78 is 11.3. The van der Waals surface area contributed by atoms with E-state index >= 15 is 0 Å². The molecule has 1 amide bonds. The summed E-state index contributed by atoms with van der Waals surface area (Å²) in [5.41, 5.74) is 4.87. The minimum atomic E-state index is -0.905. The van der Waals surface area contributed by atoms with E-state index in [4.69, 9.17) is 14.6 Å². The zero-order valence-electron chi connectivity index (χ0n) is 20.3. The molecule has 0 bridgehead atoms. The Morgan fingerprint density at radius 3 is 2.43 bits per heavy atom. The Labute approximate surface area is 206 Å². The quantitative estimate of drug-likeness (QED) is 0.385. The molecule has 6 nitrogen and oxygen atoms in total. The molecule has 0 saturated carbocycles. The van der Waals surface area contributed by atoms with Crippen molar-refractivity contribution in [1.29, 1.82) is 0 Å². The van der Waals surface area contributed by atoms with Crippen LogP contribution >= 0.6 is 0 Å². The van der Waals surface area contributed by atoms with Crippen LogP contribution in [0.2, 0.25) is 0 Å². The molecule has 0 aromatic heterocycles. The van der Waals surface area contributed by atoms with Crippen LogP contribution in [0.3, 0.4) is 0 Å². The zero-order chi connectivity index (χ0) is 25.4. The Hall–Kier alpha value is -4.06. The van der Waals surface area contributed by atoms with Gasteiger partial charge in [0.25, 0.3) is 0 Å². The molecule has 182 valence electrons. The van der Waals surface area contributed by atoms with Gasteiger partial charge >= 0.3 is 12.1 Å². The molecule has 0 unspecified atom stereocenters. The van der Waals surface area contributed by atoms with Crippen molar-refractivity contribution in [1.82, 2.24) is 5.32 Å². The number of aliphatic carboxylic acids is 1. The summed E-state index contributed by atoms with van der Waals surface area (Å²) in [5.74, 6) is -0.353. The van der Waals surface area contributed by atoms with E-state index in [0.29, 0.717) is 17.9 Å². The highest BCUT2D eigenvalue weighted by Gasteiger charge is 2.16. The van der Waals surface area contributed by atoms with Crippen LogP contribution in [0.5, 0.6) is 5.75 Å². The number of hydrogen-bond acceptors (Lipinski definition) is 4. The Morgan fingerprint density at radius 1 is 0.971 bits per heavy atom. The van der Waals surface area contributed by atoms with Gasteiger partial charge in [-0.15, -0.1) is 0 Å². The lowest BCUT2D eigenvalue weighted by Gasteiger charge is -2.19. The summed E-state index contributed by atoms with van der Waals surface area (Å²) in [7, 11) is 0. The number of rotatable bonds is 9. The first kappa shape index (κ1) is 25.6. The van der Waals surface area contributed by atoms with Crippen LogP contribution in [0.4, 0.5) is 4.79 Å². The van der Waals surface area contributed by atoms with Crippen LogP contribution in [-0.2, 0) is 29.1 Å². The number of nitrogens with one attached hydrogen (secondary N) is 1. The van der Waals surface area contributed by atoms with Gasteiger partial charge in [0.1, 0.15) is 18.0 Å². The van der Waals surface area contributed by atoms with Crippen LogP contribution < -0.4 is 10.1 Å². The molecular formula is C29H31NO5. The van der Waals surface area contributed by atoms with E-state index in [9.17, 15) is 9.59 Å². The number of hydrogen-bond donors (Lipinski definition) is 2. The number of carbonyl (C=O) groups is 2. The summed E-state index contributed by atoms with van der Waals surface area (Å²) >= 11 is 0. The second-order valence-corrected chi connectivity index (χ2v) is 9.19. The largest absolute Gasteiger partial charge is 0.489 e. The fraction of sp³-hybridized carbons (Fsp3) is 0.241. The molecule has 2 N–H and O–H groups in total. The van der Waals surface area contributed by atoms with Crippen molar-refractivity contribution >= 4 is 18.1 Å². The fourth-order valence-corrected chi connectivity index (χ4v) is 3.55. The molecule has 0 spiro atoms. The molecule has 0 aliphatic rings. The van der Waals surface area contributed by atoms with E-state index < -0.39 is 17.7 Å². The van der Waals surface area contributed by atoms with Gasteiger partial charge in [-0.25, -0.2) is 4.79 Å². The summed E-state index contributed by atoms with van der Waals surface area (Å²) in [5, 5.41) is 11.9.